The van der Waals surface area contributed by atoms with E-state index in [1.54, 1.807) is 18.2 Å². The highest BCUT2D eigenvalue weighted by molar-refractivity contribution is 5.73. The van der Waals surface area contributed by atoms with Gasteiger partial charge in [-0.1, -0.05) is 6.07 Å². The number of rotatable bonds is 2. The highest BCUT2D eigenvalue weighted by atomic mass is 19.2. The van der Waals surface area contributed by atoms with E-state index >= 15 is 0 Å². The van der Waals surface area contributed by atoms with E-state index in [0.717, 1.165) is 11.6 Å². The minimum Gasteiger partial charge on any atom is -0.397 e. The van der Waals surface area contributed by atoms with E-state index in [4.69, 9.17) is 5.73 Å². The highest BCUT2D eigenvalue weighted by Gasteiger charge is 2.12. The molecule has 0 aliphatic rings. The zero-order valence-electron chi connectivity index (χ0n) is 9.60. The summed E-state index contributed by atoms with van der Waals surface area (Å²) in [5.74, 6) is -3.25. The minimum absolute atomic E-state index is 0.287. The van der Waals surface area contributed by atoms with Crippen LogP contribution >= 0.6 is 0 Å². The minimum atomic E-state index is -1.25. The zero-order chi connectivity index (χ0) is 13.3. The molecule has 0 fully saturated rings. The monoisotopic (exact) mass is 252 g/mol. The second-order valence-corrected chi connectivity index (χ2v) is 3.96. The van der Waals surface area contributed by atoms with Crippen LogP contribution in [0.3, 0.4) is 0 Å². The zero-order valence-corrected chi connectivity index (χ0v) is 9.60. The van der Waals surface area contributed by atoms with Crippen molar-refractivity contribution in [2.24, 2.45) is 0 Å². The Hall–Kier alpha value is -2.17. The Morgan fingerprint density at radius 3 is 2.44 bits per heavy atom. The highest BCUT2D eigenvalue weighted by Crippen LogP contribution is 2.27. The van der Waals surface area contributed by atoms with Gasteiger partial charge in [0.05, 0.1) is 17.1 Å². The third-order valence-corrected chi connectivity index (χ3v) is 2.47. The van der Waals surface area contributed by atoms with Gasteiger partial charge in [0.1, 0.15) is 5.82 Å². The van der Waals surface area contributed by atoms with Crippen molar-refractivity contribution in [3.63, 3.8) is 0 Å². The van der Waals surface area contributed by atoms with Crippen LogP contribution in [-0.4, -0.2) is 0 Å². The maximum absolute atomic E-state index is 13.5. The van der Waals surface area contributed by atoms with Gasteiger partial charge in [0.15, 0.2) is 11.6 Å². The van der Waals surface area contributed by atoms with Crippen molar-refractivity contribution in [2.75, 3.05) is 11.1 Å². The van der Waals surface area contributed by atoms with Crippen molar-refractivity contribution >= 4 is 17.1 Å². The molecule has 0 bridgehead atoms. The van der Waals surface area contributed by atoms with Gasteiger partial charge in [-0.25, -0.2) is 13.2 Å². The summed E-state index contributed by atoms with van der Waals surface area (Å²) < 4.78 is 39.5. The average Bonchev–Trinajstić information content (AvgIpc) is 2.30. The molecule has 0 radical (unpaired) electrons. The van der Waals surface area contributed by atoms with Crippen LogP contribution in [0.5, 0.6) is 0 Å². The van der Waals surface area contributed by atoms with Gasteiger partial charge >= 0.3 is 0 Å². The second kappa shape index (κ2) is 4.60. The summed E-state index contributed by atoms with van der Waals surface area (Å²) in [5.41, 5.74) is 7.06. The third-order valence-electron chi connectivity index (χ3n) is 2.47. The fourth-order valence-electron chi connectivity index (χ4n) is 1.57. The van der Waals surface area contributed by atoms with Crippen molar-refractivity contribution in [3.8, 4) is 0 Å². The molecule has 0 atom stereocenters. The first-order valence-corrected chi connectivity index (χ1v) is 5.25. The number of hydrogen-bond acceptors (Lipinski definition) is 2. The number of halogens is 3. The Balaban J connectivity index is 2.43. The van der Waals surface area contributed by atoms with Crippen molar-refractivity contribution in [3.05, 3.63) is 53.3 Å². The molecule has 2 aromatic carbocycles. The van der Waals surface area contributed by atoms with Crippen LogP contribution in [0.4, 0.5) is 30.2 Å². The predicted molar refractivity (Wildman–Crippen MR) is 65.2 cm³/mol. The summed E-state index contributed by atoms with van der Waals surface area (Å²) in [6, 6.07) is 6.44. The number of hydrogen-bond donors (Lipinski definition) is 2. The lowest BCUT2D eigenvalue weighted by atomic mass is 10.2. The van der Waals surface area contributed by atoms with E-state index in [1.807, 2.05) is 6.92 Å². The Labute approximate surface area is 102 Å². The Morgan fingerprint density at radius 1 is 1.00 bits per heavy atom. The van der Waals surface area contributed by atoms with Crippen LogP contribution in [0.25, 0.3) is 0 Å². The maximum Gasteiger partial charge on any atom is 0.182 e. The first kappa shape index (κ1) is 12.3. The number of benzene rings is 2. The SMILES string of the molecule is Cc1ccc(N)c(Nc2cc(F)cc(F)c2F)c1. The Kier molecular flexibility index (Phi) is 3.14. The van der Waals surface area contributed by atoms with Gasteiger partial charge in [0.25, 0.3) is 0 Å². The molecule has 0 heterocycles. The smallest absolute Gasteiger partial charge is 0.182 e. The average molecular weight is 252 g/mol. The lowest BCUT2D eigenvalue weighted by Crippen LogP contribution is -2.01. The number of nitrogen functional groups attached to an aromatic ring is 1. The lowest BCUT2D eigenvalue weighted by molar-refractivity contribution is 0.498. The summed E-state index contributed by atoms with van der Waals surface area (Å²) in [5, 5.41) is 2.58. The number of nitrogens with two attached hydrogens (primary N) is 1. The summed E-state index contributed by atoms with van der Waals surface area (Å²) in [7, 11) is 0. The molecular weight excluding hydrogens is 241 g/mol. The summed E-state index contributed by atoms with van der Waals surface area (Å²) in [6.07, 6.45) is 0. The fraction of sp³-hybridized carbons (Fsp3) is 0.0769. The molecule has 0 aliphatic heterocycles. The molecule has 0 spiro atoms. The van der Waals surface area contributed by atoms with E-state index in [2.05, 4.69) is 5.32 Å². The molecule has 0 saturated heterocycles. The molecule has 0 aromatic heterocycles. The Morgan fingerprint density at radius 2 is 1.72 bits per heavy atom. The molecule has 2 aromatic rings. The first-order valence-electron chi connectivity index (χ1n) is 5.25. The standard InChI is InChI=1S/C13H11F3N2/c1-7-2-3-10(17)11(4-7)18-12-6-8(14)5-9(15)13(12)16/h2-6,18H,17H2,1H3. The molecular formula is C13H11F3N2. The summed E-state index contributed by atoms with van der Waals surface area (Å²) >= 11 is 0. The summed E-state index contributed by atoms with van der Waals surface area (Å²) in [6.45, 7) is 1.83. The quantitative estimate of drug-likeness (QED) is 0.631. The topological polar surface area (TPSA) is 38.0 Å². The largest absolute Gasteiger partial charge is 0.397 e. The van der Waals surface area contributed by atoms with Crippen LogP contribution in [0.1, 0.15) is 5.56 Å². The van der Waals surface area contributed by atoms with E-state index in [-0.39, 0.29) is 5.69 Å². The van der Waals surface area contributed by atoms with Crippen molar-refractivity contribution in [1.82, 2.24) is 0 Å². The molecule has 0 unspecified atom stereocenters. The molecule has 2 nitrogen and oxygen atoms in total. The maximum atomic E-state index is 13.5. The van der Waals surface area contributed by atoms with Crippen LogP contribution < -0.4 is 11.1 Å². The predicted octanol–water partition coefficient (Wildman–Crippen LogP) is 3.74. The third kappa shape index (κ3) is 2.40. The Bertz CT molecular complexity index is 597. The van der Waals surface area contributed by atoms with E-state index < -0.39 is 17.5 Å². The summed E-state index contributed by atoms with van der Waals surface area (Å²) in [4.78, 5) is 0. The van der Waals surface area contributed by atoms with Gasteiger partial charge in [-0.05, 0) is 24.6 Å². The van der Waals surface area contributed by atoms with Crippen LogP contribution in [0.2, 0.25) is 0 Å². The lowest BCUT2D eigenvalue weighted by Gasteiger charge is -2.11. The number of anilines is 3. The van der Waals surface area contributed by atoms with Crippen molar-refractivity contribution in [2.45, 2.75) is 6.92 Å². The molecule has 3 N–H and O–H groups in total. The first-order chi connectivity index (χ1) is 8.47. The van der Waals surface area contributed by atoms with Crippen LogP contribution in [0, 0.1) is 24.4 Å². The van der Waals surface area contributed by atoms with Crippen LogP contribution in [0.15, 0.2) is 30.3 Å². The van der Waals surface area contributed by atoms with Gasteiger partial charge in [-0.3, -0.25) is 0 Å². The molecule has 0 saturated carbocycles. The number of aryl methyl sites for hydroxylation is 1. The van der Waals surface area contributed by atoms with Gasteiger partial charge in [-0.15, -0.1) is 0 Å². The van der Waals surface area contributed by atoms with E-state index in [9.17, 15) is 13.2 Å². The fourth-order valence-corrected chi connectivity index (χ4v) is 1.57. The van der Waals surface area contributed by atoms with Crippen molar-refractivity contribution < 1.29 is 13.2 Å². The molecule has 5 heteroatoms. The molecule has 18 heavy (non-hydrogen) atoms. The second-order valence-electron chi connectivity index (χ2n) is 3.96. The van der Waals surface area contributed by atoms with Gasteiger partial charge in [0, 0.05) is 12.1 Å². The molecule has 94 valence electrons. The molecule has 0 amide bonds. The number of nitrogens with one attached hydrogen (secondary N) is 1. The normalized spacial score (nSPS) is 10.4. The molecule has 0 aliphatic carbocycles. The van der Waals surface area contributed by atoms with E-state index in [0.29, 0.717) is 17.4 Å². The molecule has 2 rings (SSSR count). The van der Waals surface area contributed by atoms with Gasteiger partial charge in [0.2, 0.25) is 0 Å². The van der Waals surface area contributed by atoms with E-state index in [1.165, 1.54) is 0 Å². The van der Waals surface area contributed by atoms with Gasteiger partial charge < -0.3 is 11.1 Å². The van der Waals surface area contributed by atoms with Crippen LogP contribution in [-0.2, 0) is 0 Å². The van der Waals surface area contributed by atoms with Gasteiger partial charge in [-0.2, -0.15) is 0 Å². The van der Waals surface area contributed by atoms with Crippen molar-refractivity contribution in [1.29, 1.82) is 0 Å².